The number of aliphatic carboxylic acids is 1. The van der Waals surface area contributed by atoms with Gasteiger partial charge in [-0.1, -0.05) is 13.0 Å². The summed E-state index contributed by atoms with van der Waals surface area (Å²) in [5.41, 5.74) is 0.506. The van der Waals surface area contributed by atoms with Crippen LogP contribution in [0.25, 0.3) is 0 Å². The fourth-order valence-corrected chi connectivity index (χ4v) is 2.46. The third-order valence-electron chi connectivity index (χ3n) is 3.27. The Morgan fingerprint density at radius 3 is 2.73 bits per heavy atom. The highest BCUT2D eigenvalue weighted by atomic mass is 16.4. The number of carboxylic acids is 1. The lowest BCUT2D eigenvalue weighted by atomic mass is 9.94. The van der Waals surface area contributed by atoms with Gasteiger partial charge in [0.05, 0.1) is 0 Å². The fourth-order valence-electron chi connectivity index (χ4n) is 2.46. The van der Waals surface area contributed by atoms with Crippen LogP contribution in [0, 0.1) is 11.3 Å². The van der Waals surface area contributed by atoms with Gasteiger partial charge in [0.2, 0.25) is 0 Å². The molecular formula is C9H12O2. The van der Waals surface area contributed by atoms with Crippen molar-refractivity contribution in [2.45, 2.75) is 25.7 Å². The van der Waals surface area contributed by atoms with Crippen molar-refractivity contribution in [2.24, 2.45) is 11.3 Å². The van der Waals surface area contributed by atoms with Gasteiger partial charge >= 0.3 is 5.97 Å². The summed E-state index contributed by atoms with van der Waals surface area (Å²) in [7, 11) is 0. The Bertz CT molecular complexity index is 232. The van der Waals surface area contributed by atoms with Crippen molar-refractivity contribution in [3.05, 3.63) is 12.2 Å². The molecular weight excluding hydrogens is 140 g/mol. The zero-order valence-electron chi connectivity index (χ0n) is 6.47. The number of carboxylic acid groups (broad SMARTS) is 1. The first-order valence-corrected chi connectivity index (χ1v) is 4.09. The molecule has 0 aromatic rings. The normalized spacial score (nSPS) is 39.8. The van der Waals surface area contributed by atoms with Gasteiger partial charge in [0.15, 0.2) is 0 Å². The highest BCUT2D eigenvalue weighted by molar-refractivity contribution is 5.88. The van der Waals surface area contributed by atoms with E-state index in [1.54, 1.807) is 0 Å². The molecule has 2 saturated carbocycles. The maximum absolute atomic E-state index is 10.6. The molecule has 60 valence electrons. The Morgan fingerprint density at radius 1 is 1.64 bits per heavy atom. The molecule has 2 nitrogen and oxygen atoms in total. The van der Waals surface area contributed by atoms with E-state index in [0.717, 1.165) is 12.8 Å². The monoisotopic (exact) mass is 152 g/mol. The molecule has 0 bridgehead atoms. The number of hydrogen-bond acceptors (Lipinski definition) is 1. The standard InChI is InChI=1S/C9H12O2/c1-6(8(10)11)9-4-2-3-7(9)5-9/h7H,1-5H2,(H,10,11). The van der Waals surface area contributed by atoms with Crippen LogP contribution in [-0.4, -0.2) is 11.1 Å². The molecule has 0 radical (unpaired) electrons. The van der Waals surface area contributed by atoms with Gasteiger partial charge in [-0.25, -0.2) is 4.79 Å². The Kier molecular flexibility index (Phi) is 1.17. The van der Waals surface area contributed by atoms with Crippen molar-refractivity contribution in [1.29, 1.82) is 0 Å². The second-order valence-electron chi connectivity index (χ2n) is 3.73. The number of hydrogen-bond donors (Lipinski definition) is 1. The maximum atomic E-state index is 10.6. The first kappa shape index (κ1) is 6.89. The van der Waals surface area contributed by atoms with Gasteiger partial charge in [0.25, 0.3) is 0 Å². The molecule has 2 aliphatic rings. The quantitative estimate of drug-likeness (QED) is 0.613. The molecule has 2 rings (SSSR count). The summed E-state index contributed by atoms with van der Waals surface area (Å²) in [4.78, 5) is 10.6. The van der Waals surface area contributed by atoms with Crippen LogP contribution in [0.5, 0.6) is 0 Å². The van der Waals surface area contributed by atoms with Gasteiger partial charge in [-0.2, -0.15) is 0 Å². The molecule has 0 amide bonds. The van der Waals surface area contributed by atoms with E-state index in [2.05, 4.69) is 6.58 Å². The lowest BCUT2D eigenvalue weighted by molar-refractivity contribution is -0.133. The lowest BCUT2D eigenvalue weighted by Crippen LogP contribution is -2.11. The minimum absolute atomic E-state index is 0.0475. The summed E-state index contributed by atoms with van der Waals surface area (Å²) in [5.74, 6) is -0.138. The van der Waals surface area contributed by atoms with Crippen molar-refractivity contribution in [2.75, 3.05) is 0 Å². The Labute approximate surface area is 65.9 Å². The predicted octanol–water partition coefficient (Wildman–Crippen LogP) is 1.82. The van der Waals surface area contributed by atoms with Gasteiger partial charge in [-0.15, -0.1) is 0 Å². The van der Waals surface area contributed by atoms with Crippen molar-refractivity contribution in [1.82, 2.24) is 0 Å². The third kappa shape index (κ3) is 0.753. The minimum atomic E-state index is -0.797. The van der Waals surface area contributed by atoms with E-state index >= 15 is 0 Å². The Morgan fingerprint density at radius 2 is 2.36 bits per heavy atom. The summed E-state index contributed by atoms with van der Waals surface area (Å²) < 4.78 is 0. The van der Waals surface area contributed by atoms with E-state index in [-0.39, 0.29) is 5.41 Å². The first-order chi connectivity index (χ1) is 5.17. The van der Waals surface area contributed by atoms with Crippen molar-refractivity contribution in [3.8, 4) is 0 Å². The molecule has 0 aliphatic heterocycles. The second kappa shape index (κ2) is 1.87. The average molecular weight is 152 g/mol. The van der Waals surface area contributed by atoms with E-state index in [1.165, 1.54) is 12.8 Å². The van der Waals surface area contributed by atoms with Crippen LogP contribution in [0.3, 0.4) is 0 Å². The first-order valence-electron chi connectivity index (χ1n) is 4.09. The molecule has 0 spiro atoms. The molecule has 0 aromatic carbocycles. The SMILES string of the molecule is C=C(C(=O)O)C12CCCC1C2. The van der Waals surface area contributed by atoms with Crippen LogP contribution in [0.4, 0.5) is 0 Å². The molecule has 2 aliphatic carbocycles. The molecule has 0 saturated heterocycles. The molecule has 11 heavy (non-hydrogen) atoms. The van der Waals surface area contributed by atoms with Gasteiger partial charge in [-0.3, -0.25) is 0 Å². The molecule has 2 heteroatoms. The van der Waals surface area contributed by atoms with Gasteiger partial charge < -0.3 is 5.11 Å². The van der Waals surface area contributed by atoms with Crippen LogP contribution in [0.2, 0.25) is 0 Å². The molecule has 2 fully saturated rings. The zero-order valence-corrected chi connectivity index (χ0v) is 6.47. The maximum Gasteiger partial charge on any atom is 0.331 e. The van der Waals surface area contributed by atoms with E-state index in [4.69, 9.17) is 5.11 Å². The highest BCUT2D eigenvalue weighted by Gasteiger charge is 2.59. The van der Waals surface area contributed by atoms with Crippen molar-refractivity contribution < 1.29 is 9.90 Å². The van der Waals surface area contributed by atoms with Crippen LogP contribution >= 0.6 is 0 Å². The summed E-state index contributed by atoms with van der Waals surface area (Å²) >= 11 is 0. The summed E-state index contributed by atoms with van der Waals surface area (Å²) in [6.07, 6.45) is 4.55. The largest absolute Gasteiger partial charge is 0.478 e. The smallest absolute Gasteiger partial charge is 0.331 e. The van der Waals surface area contributed by atoms with Crippen LogP contribution in [-0.2, 0) is 4.79 Å². The summed E-state index contributed by atoms with van der Waals surface area (Å²) in [6.45, 7) is 3.65. The van der Waals surface area contributed by atoms with E-state index in [9.17, 15) is 4.79 Å². The average Bonchev–Trinajstić information content (AvgIpc) is 2.54. The van der Waals surface area contributed by atoms with Crippen LogP contribution in [0.15, 0.2) is 12.2 Å². The van der Waals surface area contributed by atoms with Crippen molar-refractivity contribution >= 4 is 5.97 Å². The van der Waals surface area contributed by atoms with Gasteiger partial charge in [0.1, 0.15) is 0 Å². The topological polar surface area (TPSA) is 37.3 Å². The van der Waals surface area contributed by atoms with Crippen LogP contribution in [0.1, 0.15) is 25.7 Å². The highest BCUT2D eigenvalue weighted by Crippen LogP contribution is 2.67. The predicted molar refractivity (Wildman–Crippen MR) is 41.2 cm³/mol. The molecule has 1 N–H and O–H groups in total. The summed E-state index contributed by atoms with van der Waals surface area (Å²) in [6, 6.07) is 0. The minimum Gasteiger partial charge on any atom is -0.478 e. The van der Waals surface area contributed by atoms with E-state index in [0.29, 0.717) is 11.5 Å². The zero-order chi connectivity index (χ0) is 8.06. The number of rotatable bonds is 2. The van der Waals surface area contributed by atoms with E-state index in [1.807, 2.05) is 0 Å². The fraction of sp³-hybridized carbons (Fsp3) is 0.667. The molecule has 2 atom stereocenters. The second-order valence-corrected chi connectivity index (χ2v) is 3.73. The molecule has 2 unspecified atom stereocenters. The number of carbonyl (C=O) groups is 1. The van der Waals surface area contributed by atoms with Crippen molar-refractivity contribution in [3.63, 3.8) is 0 Å². The molecule has 0 heterocycles. The Hall–Kier alpha value is -0.790. The van der Waals surface area contributed by atoms with E-state index < -0.39 is 5.97 Å². The molecule has 0 aromatic heterocycles. The third-order valence-corrected chi connectivity index (χ3v) is 3.27. The van der Waals surface area contributed by atoms with Crippen LogP contribution < -0.4 is 0 Å². The number of fused-ring (bicyclic) bond motifs is 1. The van der Waals surface area contributed by atoms with Gasteiger partial charge in [0, 0.05) is 11.0 Å². The Balaban J connectivity index is 2.17. The summed E-state index contributed by atoms with van der Waals surface area (Å²) in [5, 5.41) is 8.73. The van der Waals surface area contributed by atoms with Gasteiger partial charge in [-0.05, 0) is 25.2 Å². The lowest BCUT2D eigenvalue weighted by Gasteiger charge is -2.10.